The van der Waals surface area contributed by atoms with Gasteiger partial charge in [0.1, 0.15) is 0 Å². The zero-order chi connectivity index (χ0) is 7.40. The molecule has 10 heavy (non-hydrogen) atoms. The second kappa shape index (κ2) is 2.91. The van der Waals surface area contributed by atoms with Gasteiger partial charge in [0.15, 0.2) is 5.82 Å². The molecular weight excluding hydrogens is 128 g/mol. The number of rotatable bonds is 3. The average molecular weight is 135 g/mol. The standard InChI is InChI=1S/C6H7N4/c1-3-5-10-6(4-2)7-8-9-10/h3H,1-2,5H2. The Bertz CT molecular complexity index is 238. The highest BCUT2D eigenvalue weighted by Crippen LogP contribution is 1.89. The molecule has 0 aromatic carbocycles. The molecule has 0 bridgehead atoms. The normalized spacial score (nSPS) is 9.20. The molecule has 0 atom stereocenters. The molecule has 0 aliphatic rings. The highest BCUT2D eigenvalue weighted by molar-refractivity contribution is 4.93. The lowest BCUT2D eigenvalue weighted by atomic mass is 10.5. The van der Waals surface area contributed by atoms with E-state index in [9.17, 15) is 0 Å². The molecule has 4 heteroatoms. The van der Waals surface area contributed by atoms with E-state index in [0.717, 1.165) is 0 Å². The van der Waals surface area contributed by atoms with Crippen LogP contribution in [0.15, 0.2) is 19.2 Å². The first-order valence-corrected chi connectivity index (χ1v) is 2.78. The van der Waals surface area contributed by atoms with E-state index in [-0.39, 0.29) is 0 Å². The van der Waals surface area contributed by atoms with Crippen molar-refractivity contribution in [2.45, 2.75) is 6.54 Å². The number of hydrogen-bond donors (Lipinski definition) is 0. The molecule has 0 saturated carbocycles. The molecule has 0 unspecified atom stereocenters. The molecule has 4 nitrogen and oxygen atoms in total. The highest BCUT2D eigenvalue weighted by Gasteiger charge is 1.97. The van der Waals surface area contributed by atoms with Gasteiger partial charge in [0.2, 0.25) is 0 Å². The lowest BCUT2D eigenvalue weighted by Crippen LogP contribution is -2.00. The maximum atomic E-state index is 3.66. The molecule has 1 rings (SSSR count). The summed E-state index contributed by atoms with van der Waals surface area (Å²) in [5.41, 5.74) is 0. The maximum absolute atomic E-state index is 3.66. The smallest absolute Gasteiger partial charge is 0.182 e. The summed E-state index contributed by atoms with van der Waals surface area (Å²) in [4.78, 5) is 0. The van der Waals surface area contributed by atoms with Gasteiger partial charge in [-0.1, -0.05) is 12.7 Å². The molecule has 0 N–H and O–H groups in total. The molecule has 1 radical (unpaired) electrons. The van der Waals surface area contributed by atoms with Crippen LogP contribution in [0.2, 0.25) is 0 Å². The lowest BCUT2D eigenvalue weighted by molar-refractivity contribution is 0.651. The van der Waals surface area contributed by atoms with Crippen LogP contribution in [0.4, 0.5) is 0 Å². The Hall–Kier alpha value is -1.45. The van der Waals surface area contributed by atoms with Crippen LogP contribution in [0.3, 0.4) is 0 Å². The molecule has 0 spiro atoms. The van der Waals surface area contributed by atoms with Gasteiger partial charge >= 0.3 is 0 Å². The third kappa shape index (κ3) is 1.10. The van der Waals surface area contributed by atoms with E-state index in [1.54, 1.807) is 10.8 Å². The molecule has 0 saturated heterocycles. The first-order valence-electron chi connectivity index (χ1n) is 2.78. The Kier molecular flexibility index (Phi) is 1.94. The van der Waals surface area contributed by atoms with Crippen molar-refractivity contribution in [3.05, 3.63) is 31.1 Å². The van der Waals surface area contributed by atoms with Crippen LogP contribution in [0, 0.1) is 6.08 Å². The molecule has 1 aromatic heterocycles. The largest absolute Gasteiger partial charge is 0.222 e. The van der Waals surface area contributed by atoms with Gasteiger partial charge in [-0.15, -0.1) is 11.7 Å². The van der Waals surface area contributed by atoms with Gasteiger partial charge in [-0.05, 0) is 10.4 Å². The molecule has 51 valence electrons. The van der Waals surface area contributed by atoms with E-state index >= 15 is 0 Å². The van der Waals surface area contributed by atoms with Gasteiger partial charge in [-0.3, -0.25) is 0 Å². The van der Waals surface area contributed by atoms with Crippen LogP contribution in [0.1, 0.15) is 5.82 Å². The number of nitrogens with zero attached hydrogens (tertiary/aromatic N) is 4. The van der Waals surface area contributed by atoms with Gasteiger partial charge in [-0.25, -0.2) is 4.68 Å². The zero-order valence-electron chi connectivity index (χ0n) is 5.49. The van der Waals surface area contributed by atoms with Gasteiger partial charge in [0, 0.05) is 6.08 Å². The van der Waals surface area contributed by atoms with E-state index in [4.69, 9.17) is 0 Å². The van der Waals surface area contributed by atoms with Gasteiger partial charge < -0.3 is 0 Å². The van der Waals surface area contributed by atoms with Crippen LogP contribution in [0.25, 0.3) is 0 Å². The summed E-state index contributed by atoms with van der Waals surface area (Å²) in [6.45, 7) is 7.56. The van der Waals surface area contributed by atoms with Crippen molar-refractivity contribution in [3.8, 4) is 0 Å². The number of tetrazole rings is 1. The van der Waals surface area contributed by atoms with E-state index in [1.165, 1.54) is 0 Å². The summed E-state index contributed by atoms with van der Waals surface area (Å²) in [5, 5.41) is 10.7. The SMILES string of the molecule is C=[C]c1nnnn1CC=C. The molecular formula is C6H7N4. The third-order valence-corrected chi connectivity index (χ3v) is 0.992. The van der Waals surface area contributed by atoms with Crippen molar-refractivity contribution in [2.75, 3.05) is 0 Å². The summed E-state index contributed by atoms with van der Waals surface area (Å²) in [6, 6.07) is 0. The average Bonchev–Trinajstić information content (AvgIpc) is 2.36. The van der Waals surface area contributed by atoms with Crippen molar-refractivity contribution < 1.29 is 0 Å². The summed E-state index contributed by atoms with van der Waals surface area (Å²) in [5.74, 6) is 0.542. The molecule has 0 aliphatic heterocycles. The minimum Gasteiger partial charge on any atom is -0.222 e. The number of hydrogen-bond acceptors (Lipinski definition) is 3. The summed E-state index contributed by atoms with van der Waals surface area (Å²) in [7, 11) is 0. The maximum Gasteiger partial charge on any atom is 0.182 e. The van der Waals surface area contributed by atoms with Crippen LogP contribution in [-0.4, -0.2) is 20.2 Å². The molecule has 0 fully saturated rings. The second-order valence-corrected chi connectivity index (χ2v) is 1.65. The first kappa shape index (κ1) is 6.67. The van der Waals surface area contributed by atoms with E-state index in [1.807, 2.05) is 0 Å². The van der Waals surface area contributed by atoms with Crippen LogP contribution in [-0.2, 0) is 6.54 Å². The molecule has 1 heterocycles. The van der Waals surface area contributed by atoms with Crippen molar-refractivity contribution in [1.29, 1.82) is 0 Å². The Morgan fingerprint density at radius 1 is 1.70 bits per heavy atom. The molecule has 0 amide bonds. The minimum atomic E-state index is 0.542. The van der Waals surface area contributed by atoms with Crippen LogP contribution >= 0.6 is 0 Å². The Morgan fingerprint density at radius 3 is 3.10 bits per heavy atom. The fraction of sp³-hybridized carbons (Fsp3) is 0.167. The highest BCUT2D eigenvalue weighted by atomic mass is 15.5. The topological polar surface area (TPSA) is 43.6 Å². The number of allylic oxidation sites excluding steroid dienone is 1. The van der Waals surface area contributed by atoms with E-state index in [2.05, 4.69) is 34.8 Å². The third-order valence-electron chi connectivity index (χ3n) is 0.992. The predicted octanol–water partition coefficient (Wildman–Crippen LogP) is 0.196. The summed E-state index contributed by atoms with van der Waals surface area (Å²) >= 11 is 0. The fourth-order valence-corrected chi connectivity index (χ4v) is 0.577. The van der Waals surface area contributed by atoms with E-state index in [0.29, 0.717) is 12.4 Å². The number of aromatic nitrogens is 4. The first-order chi connectivity index (χ1) is 4.88. The lowest BCUT2D eigenvalue weighted by Gasteiger charge is -1.92. The quantitative estimate of drug-likeness (QED) is 0.556. The predicted molar refractivity (Wildman–Crippen MR) is 36.0 cm³/mol. The Balaban J connectivity index is 2.89. The van der Waals surface area contributed by atoms with Gasteiger partial charge in [-0.2, -0.15) is 0 Å². The van der Waals surface area contributed by atoms with Crippen molar-refractivity contribution in [1.82, 2.24) is 20.2 Å². The molecule has 1 aromatic rings. The van der Waals surface area contributed by atoms with Crippen LogP contribution < -0.4 is 0 Å². The van der Waals surface area contributed by atoms with Crippen LogP contribution in [0.5, 0.6) is 0 Å². The van der Waals surface area contributed by atoms with Crippen molar-refractivity contribution in [3.63, 3.8) is 0 Å². The minimum absolute atomic E-state index is 0.542. The second-order valence-electron chi connectivity index (χ2n) is 1.65. The summed E-state index contributed by atoms with van der Waals surface area (Å²) in [6.07, 6.45) is 4.30. The summed E-state index contributed by atoms with van der Waals surface area (Å²) < 4.78 is 1.56. The van der Waals surface area contributed by atoms with Gasteiger partial charge in [0.25, 0.3) is 0 Å². The zero-order valence-corrected chi connectivity index (χ0v) is 5.49. The Labute approximate surface area is 58.9 Å². The fourth-order valence-electron chi connectivity index (χ4n) is 0.577. The van der Waals surface area contributed by atoms with Gasteiger partial charge in [0.05, 0.1) is 6.54 Å². The molecule has 0 aliphatic carbocycles. The Morgan fingerprint density at radius 2 is 2.50 bits per heavy atom. The van der Waals surface area contributed by atoms with Crippen molar-refractivity contribution >= 4 is 0 Å². The van der Waals surface area contributed by atoms with E-state index < -0.39 is 0 Å². The van der Waals surface area contributed by atoms with Crippen molar-refractivity contribution in [2.24, 2.45) is 0 Å². The monoisotopic (exact) mass is 135 g/mol.